The number of carbonyl (C=O) groups is 1. The summed E-state index contributed by atoms with van der Waals surface area (Å²) in [5, 5.41) is 0. The van der Waals surface area contributed by atoms with E-state index < -0.39 is 0 Å². The van der Waals surface area contributed by atoms with E-state index in [-0.39, 0.29) is 11.9 Å². The van der Waals surface area contributed by atoms with Crippen molar-refractivity contribution in [3.8, 4) is 0 Å². The van der Waals surface area contributed by atoms with Crippen molar-refractivity contribution in [2.75, 3.05) is 14.1 Å². The highest BCUT2D eigenvalue weighted by atomic mass is 16.2. The molecule has 0 aliphatic heterocycles. The van der Waals surface area contributed by atoms with E-state index in [1.807, 2.05) is 6.92 Å². The van der Waals surface area contributed by atoms with Gasteiger partial charge in [-0.2, -0.15) is 0 Å². The first-order chi connectivity index (χ1) is 4.95. The Balaban J connectivity index is 4.24. The van der Waals surface area contributed by atoms with Crippen LogP contribution in [-0.2, 0) is 4.79 Å². The Kier molecular flexibility index (Phi) is 3.82. The van der Waals surface area contributed by atoms with Crippen LogP contribution in [0.15, 0.2) is 11.6 Å². The first-order valence-corrected chi connectivity index (χ1v) is 3.60. The van der Waals surface area contributed by atoms with Crippen molar-refractivity contribution in [3.05, 3.63) is 11.6 Å². The van der Waals surface area contributed by atoms with Gasteiger partial charge in [0, 0.05) is 25.7 Å². The molecule has 1 unspecified atom stereocenters. The zero-order chi connectivity index (χ0) is 9.02. The van der Waals surface area contributed by atoms with Crippen molar-refractivity contribution in [2.45, 2.75) is 19.9 Å². The van der Waals surface area contributed by atoms with E-state index in [0.29, 0.717) is 5.57 Å². The van der Waals surface area contributed by atoms with E-state index in [4.69, 9.17) is 5.73 Å². The molecular formula is C8H16N2O. The van der Waals surface area contributed by atoms with Crippen LogP contribution in [0.1, 0.15) is 13.8 Å². The highest BCUT2D eigenvalue weighted by molar-refractivity contribution is 5.92. The first kappa shape index (κ1) is 10.2. The third-order valence-electron chi connectivity index (χ3n) is 1.26. The van der Waals surface area contributed by atoms with Gasteiger partial charge in [-0.05, 0) is 13.8 Å². The number of likely N-dealkylation sites (N-methyl/N-ethyl adjacent to an activating group) is 1. The Morgan fingerprint density at radius 1 is 1.55 bits per heavy atom. The Bertz CT molecular complexity index is 171. The molecule has 3 nitrogen and oxygen atoms in total. The molecule has 11 heavy (non-hydrogen) atoms. The summed E-state index contributed by atoms with van der Waals surface area (Å²) in [7, 11) is 3.45. The summed E-state index contributed by atoms with van der Waals surface area (Å²) in [4.78, 5) is 12.7. The molecule has 3 heteroatoms. The van der Waals surface area contributed by atoms with Crippen molar-refractivity contribution in [1.82, 2.24) is 4.90 Å². The minimum Gasteiger partial charge on any atom is -0.345 e. The number of nitrogens with two attached hydrogens (primary N) is 1. The lowest BCUT2D eigenvalue weighted by atomic mass is 10.2. The molecule has 0 fully saturated rings. The zero-order valence-electron chi connectivity index (χ0n) is 7.59. The SMILES string of the molecule is CC(=CC(C)N)C(=O)N(C)C. The molecule has 0 heterocycles. The van der Waals surface area contributed by atoms with Crippen molar-refractivity contribution in [1.29, 1.82) is 0 Å². The largest absolute Gasteiger partial charge is 0.345 e. The van der Waals surface area contributed by atoms with Gasteiger partial charge in [0.15, 0.2) is 0 Å². The molecule has 0 aromatic carbocycles. The van der Waals surface area contributed by atoms with Gasteiger partial charge < -0.3 is 10.6 Å². The molecule has 0 aromatic rings. The molecule has 0 saturated carbocycles. The van der Waals surface area contributed by atoms with Crippen LogP contribution in [0.2, 0.25) is 0 Å². The van der Waals surface area contributed by atoms with Gasteiger partial charge in [-0.1, -0.05) is 6.08 Å². The number of rotatable bonds is 2. The smallest absolute Gasteiger partial charge is 0.248 e. The van der Waals surface area contributed by atoms with Gasteiger partial charge >= 0.3 is 0 Å². The van der Waals surface area contributed by atoms with Gasteiger partial charge in [0.05, 0.1) is 0 Å². The maximum absolute atomic E-state index is 11.2. The van der Waals surface area contributed by atoms with E-state index in [1.165, 1.54) is 4.90 Å². The predicted octanol–water partition coefficient (Wildman–Crippen LogP) is 0.368. The molecule has 1 amide bonds. The summed E-state index contributed by atoms with van der Waals surface area (Å²) in [6.07, 6.45) is 1.75. The van der Waals surface area contributed by atoms with Gasteiger partial charge in [0.25, 0.3) is 0 Å². The second kappa shape index (κ2) is 4.13. The molecule has 0 saturated heterocycles. The molecule has 2 N–H and O–H groups in total. The minimum absolute atomic E-state index is 0.0160. The van der Waals surface area contributed by atoms with Crippen LogP contribution >= 0.6 is 0 Å². The van der Waals surface area contributed by atoms with Crippen LogP contribution in [0.5, 0.6) is 0 Å². The monoisotopic (exact) mass is 156 g/mol. The zero-order valence-corrected chi connectivity index (χ0v) is 7.59. The predicted molar refractivity (Wildman–Crippen MR) is 46.1 cm³/mol. The van der Waals surface area contributed by atoms with E-state index in [2.05, 4.69) is 0 Å². The molecule has 1 atom stereocenters. The van der Waals surface area contributed by atoms with E-state index in [9.17, 15) is 4.79 Å². The van der Waals surface area contributed by atoms with Crippen LogP contribution in [-0.4, -0.2) is 30.9 Å². The molecule has 0 bridgehead atoms. The Labute approximate surface area is 67.9 Å². The fourth-order valence-electron chi connectivity index (χ4n) is 0.818. The maximum Gasteiger partial charge on any atom is 0.248 e. The van der Waals surface area contributed by atoms with Crippen molar-refractivity contribution >= 4 is 5.91 Å². The number of nitrogens with zero attached hydrogens (tertiary/aromatic N) is 1. The lowest BCUT2D eigenvalue weighted by Crippen LogP contribution is -2.24. The third-order valence-corrected chi connectivity index (χ3v) is 1.26. The maximum atomic E-state index is 11.2. The normalized spacial score (nSPS) is 14.5. The average molecular weight is 156 g/mol. The number of hydrogen-bond donors (Lipinski definition) is 1. The second-order valence-corrected chi connectivity index (χ2v) is 2.91. The molecule has 0 aliphatic rings. The Morgan fingerprint density at radius 2 is 2.00 bits per heavy atom. The van der Waals surface area contributed by atoms with Crippen LogP contribution in [0, 0.1) is 0 Å². The van der Waals surface area contributed by atoms with Gasteiger partial charge in [0.2, 0.25) is 5.91 Å². The number of hydrogen-bond acceptors (Lipinski definition) is 2. The Morgan fingerprint density at radius 3 is 2.27 bits per heavy atom. The quantitative estimate of drug-likeness (QED) is 0.587. The van der Waals surface area contributed by atoms with E-state index in [0.717, 1.165) is 0 Å². The lowest BCUT2D eigenvalue weighted by molar-refractivity contribution is -0.124. The van der Waals surface area contributed by atoms with Crippen LogP contribution < -0.4 is 5.73 Å². The standard InChI is InChI=1S/C8H16N2O/c1-6(5-7(2)9)8(11)10(3)4/h5,7H,9H2,1-4H3. The van der Waals surface area contributed by atoms with E-state index >= 15 is 0 Å². The van der Waals surface area contributed by atoms with Crippen molar-refractivity contribution in [3.63, 3.8) is 0 Å². The highest BCUT2D eigenvalue weighted by Gasteiger charge is 2.05. The fraction of sp³-hybridized carbons (Fsp3) is 0.625. The van der Waals surface area contributed by atoms with Crippen LogP contribution in [0.4, 0.5) is 0 Å². The summed E-state index contributed by atoms with van der Waals surface area (Å²) >= 11 is 0. The molecular weight excluding hydrogens is 140 g/mol. The summed E-state index contributed by atoms with van der Waals surface area (Å²) in [6.45, 7) is 3.61. The topological polar surface area (TPSA) is 46.3 Å². The summed E-state index contributed by atoms with van der Waals surface area (Å²) in [6, 6.07) is -0.0566. The van der Waals surface area contributed by atoms with Gasteiger partial charge in [-0.25, -0.2) is 0 Å². The molecule has 0 spiro atoms. The number of carbonyl (C=O) groups excluding carboxylic acids is 1. The molecule has 0 aliphatic carbocycles. The van der Waals surface area contributed by atoms with Gasteiger partial charge in [0.1, 0.15) is 0 Å². The lowest BCUT2D eigenvalue weighted by Gasteiger charge is -2.10. The van der Waals surface area contributed by atoms with Crippen molar-refractivity contribution < 1.29 is 4.79 Å². The van der Waals surface area contributed by atoms with E-state index in [1.54, 1.807) is 27.1 Å². The highest BCUT2D eigenvalue weighted by Crippen LogP contribution is 1.97. The minimum atomic E-state index is -0.0566. The second-order valence-electron chi connectivity index (χ2n) is 2.91. The summed E-state index contributed by atoms with van der Waals surface area (Å²) in [5.41, 5.74) is 6.18. The number of amides is 1. The summed E-state index contributed by atoms with van der Waals surface area (Å²) < 4.78 is 0. The van der Waals surface area contributed by atoms with Crippen molar-refractivity contribution in [2.24, 2.45) is 5.73 Å². The van der Waals surface area contributed by atoms with Gasteiger partial charge in [-0.15, -0.1) is 0 Å². The summed E-state index contributed by atoms with van der Waals surface area (Å²) in [5.74, 6) is 0.0160. The van der Waals surface area contributed by atoms with Crippen LogP contribution in [0.3, 0.4) is 0 Å². The first-order valence-electron chi connectivity index (χ1n) is 3.60. The molecule has 0 aromatic heterocycles. The molecule has 64 valence electrons. The average Bonchev–Trinajstić information content (AvgIpc) is 1.84. The fourth-order valence-corrected chi connectivity index (χ4v) is 0.818. The molecule has 0 radical (unpaired) electrons. The third kappa shape index (κ3) is 3.78. The Hall–Kier alpha value is -0.830. The van der Waals surface area contributed by atoms with Gasteiger partial charge in [-0.3, -0.25) is 4.79 Å². The van der Waals surface area contributed by atoms with Crippen LogP contribution in [0.25, 0.3) is 0 Å². The molecule has 0 rings (SSSR count).